The number of nitrogens with one attached hydrogen (secondary N) is 1. The van der Waals surface area contributed by atoms with E-state index < -0.39 is 6.04 Å². The maximum atomic E-state index is 8.94. The van der Waals surface area contributed by atoms with Crippen molar-refractivity contribution in [1.82, 2.24) is 9.97 Å². The highest BCUT2D eigenvalue weighted by atomic mass is 35.5. The van der Waals surface area contributed by atoms with E-state index in [4.69, 9.17) is 26.6 Å². The molecule has 0 aliphatic heterocycles. The Morgan fingerprint density at radius 3 is 2.71 bits per heavy atom. The van der Waals surface area contributed by atoms with Crippen LogP contribution in [0.25, 0.3) is 0 Å². The SMILES string of the molecule is CCOCc1nc(Cl)cc(NC(CO)CO)n1. The molecule has 0 atom stereocenters. The molecule has 0 spiro atoms. The standard InChI is InChI=1S/C10H16ClN3O3/c1-2-17-6-10-13-8(11)3-9(14-10)12-7(4-15)5-16/h3,7,15-16H,2,4-6H2,1H3,(H,12,13,14). The van der Waals surface area contributed by atoms with Gasteiger partial charge in [0.1, 0.15) is 17.6 Å². The van der Waals surface area contributed by atoms with Crippen molar-refractivity contribution in [3.8, 4) is 0 Å². The molecule has 3 N–H and O–H groups in total. The third-order valence-corrected chi connectivity index (χ3v) is 2.16. The second-order valence-electron chi connectivity index (χ2n) is 3.34. The monoisotopic (exact) mass is 261 g/mol. The van der Waals surface area contributed by atoms with Gasteiger partial charge in [0.2, 0.25) is 0 Å². The van der Waals surface area contributed by atoms with Gasteiger partial charge in [0.25, 0.3) is 0 Å². The van der Waals surface area contributed by atoms with Crippen molar-refractivity contribution in [2.24, 2.45) is 0 Å². The molecule has 1 heterocycles. The van der Waals surface area contributed by atoms with Gasteiger partial charge in [-0.25, -0.2) is 9.97 Å². The molecule has 1 rings (SSSR count). The van der Waals surface area contributed by atoms with Crippen molar-refractivity contribution in [3.05, 3.63) is 17.0 Å². The summed E-state index contributed by atoms with van der Waals surface area (Å²) in [5.74, 6) is 0.907. The van der Waals surface area contributed by atoms with Crippen LogP contribution >= 0.6 is 11.6 Å². The van der Waals surface area contributed by atoms with Crippen LogP contribution in [0.5, 0.6) is 0 Å². The molecule has 0 amide bonds. The van der Waals surface area contributed by atoms with Crippen LogP contribution in [0.4, 0.5) is 5.82 Å². The first-order chi connectivity index (χ1) is 8.19. The van der Waals surface area contributed by atoms with Crippen LogP contribution in [-0.2, 0) is 11.3 Å². The first-order valence-electron chi connectivity index (χ1n) is 5.29. The predicted octanol–water partition coefficient (Wildman–Crippen LogP) is 0.432. The molecule has 0 unspecified atom stereocenters. The van der Waals surface area contributed by atoms with E-state index >= 15 is 0 Å². The minimum atomic E-state index is -0.471. The molecule has 7 heteroatoms. The summed E-state index contributed by atoms with van der Waals surface area (Å²) in [6.07, 6.45) is 0. The zero-order valence-corrected chi connectivity index (χ0v) is 10.3. The Kier molecular flexibility index (Phi) is 6.13. The molecular formula is C10H16ClN3O3. The second kappa shape index (κ2) is 7.39. The number of aliphatic hydroxyl groups is 2. The Morgan fingerprint density at radius 1 is 1.41 bits per heavy atom. The van der Waals surface area contributed by atoms with Crippen LogP contribution < -0.4 is 5.32 Å². The lowest BCUT2D eigenvalue weighted by molar-refractivity contribution is 0.128. The lowest BCUT2D eigenvalue weighted by atomic mass is 10.3. The Morgan fingerprint density at radius 2 is 2.12 bits per heavy atom. The Hall–Kier alpha value is -0.950. The lowest BCUT2D eigenvalue weighted by Crippen LogP contribution is -2.28. The highest BCUT2D eigenvalue weighted by Crippen LogP contribution is 2.13. The largest absolute Gasteiger partial charge is 0.394 e. The molecule has 6 nitrogen and oxygen atoms in total. The van der Waals surface area contributed by atoms with Crippen LogP contribution in [0.2, 0.25) is 5.15 Å². The molecule has 0 fully saturated rings. The quantitative estimate of drug-likeness (QED) is 0.617. The van der Waals surface area contributed by atoms with Crippen LogP contribution in [0, 0.1) is 0 Å². The van der Waals surface area contributed by atoms with Crippen LogP contribution in [-0.4, -0.2) is 46.0 Å². The van der Waals surface area contributed by atoms with Gasteiger partial charge in [0.15, 0.2) is 5.82 Å². The van der Waals surface area contributed by atoms with Crippen molar-refractivity contribution in [1.29, 1.82) is 0 Å². The molecule has 0 aromatic carbocycles. The molecule has 17 heavy (non-hydrogen) atoms. The number of nitrogens with zero attached hydrogens (tertiary/aromatic N) is 2. The van der Waals surface area contributed by atoms with E-state index in [1.54, 1.807) is 0 Å². The highest BCUT2D eigenvalue weighted by molar-refractivity contribution is 6.29. The maximum absolute atomic E-state index is 8.94. The Labute approximate surface area is 105 Å². The highest BCUT2D eigenvalue weighted by Gasteiger charge is 2.08. The predicted molar refractivity (Wildman–Crippen MR) is 64.0 cm³/mol. The molecule has 0 saturated carbocycles. The average molecular weight is 262 g/mol. The molecule has 0 saturated heterocycles. The number of aliphatic hydroxyl groups excluding tert-OH is 2. The third-order valence-electron chi connectivity index (χ3n) is 1.97. The number of ether oxygens (including phenoxy) is 1. The first-order valence-corrected chi connectivity index (χ1v) is 5.66. The summed E-state index contributed by atoms with van der Waals surface area (Å²) in [6, 6.07) is 1.05. The van der Waals surface area contributed by atoms with Crippen LogP contribution in [0.3, 0.4) is 0 Å². The van der Waals surface area contributed by atoms with Crippen molar-refractivity contribution in [3.63, 3.8) is 0 Å². The number of hydrogen-bond acceptors (Lipinski definition) is 6. The fourth-order valence-corrected chi connectivity index (χ4v) is 1.36. The van der Waals surface area contributed by atoms with Gasteiger partial charge in [-0.15, -0.1) is 0 Å². The van der Waals surface area contributed by atoms with Crippen molar-refractivity contribution in [2.45, 2.75) is 19.6 Å². The van der Waals surface area contributed by atoms with E-state index in [2.05, 4.69) is 15.3 Å². The van der Waals surface area contributed by atoms with E-state index in [1.807, 2.05) is 6.92 Å². The number of rotatable bonds is 7. The Balaban J connectivity index is 2.74. The number of aromatic nitrogens is 2. The summed E-state index contributed by atoms with van der Waals surface area (Å²) in [5, 5.41) is 21.0. The summed E-state index contributed by atoms with van der Waals surface area (Å²) in [7, 11) is 0. The van der Waals surface area contributed by atoms with E-state index in [1.165, 1.54) is 6.07 Å². The van der Waals surface area contributed by atoms with Crippen LogP contribution in [0.1, 0.15) is 12.7 Å². The Bertz CT molecular complexity index is 348. The lowest BCUT2D eigenvalue weighted by Gasteiger charge is -2.14. The normalized spacial score (nSPS) is 10.9. The molecule has 0 aliphatic carbocycles. The van der Waals surface area contributed by atoms with Gasteiger partial charge in [0.05, 0.1) is 19.3 Å². The topological polar surface area (TPSA) is 87.5 Å². The summed E-state index contributed by atoms with van der Waals surface area (Å²) in [4.78, 5) is 8.15. The zero-order valence-electron chi connectivity index (χ0n) is 9.56. The van der Waals surface area contributed by atoms with Crippen LogP contribution in [0.15, 0.2) is 6.07 Å². The fourth-order valence-electron chi connectivity index (χ4n) is 1.15. The molecule has 1 aromatic heterocycles. The first kappa shape index (κ1) is 14.1. The van der Waals surface area contributed by atoms with Crippen molar-refractivity contribution in [2.75, 3.05) is 25.1 Å². The van der Waals surface area contributed by atoms with Gasteiger partial charge in [0, 0.05) is 12.7 Å². The summed E-state index contributed by atoms with van der Waals surface area (Å²) in [5.41, 5.74) is 0. The fraction of sp³-hybridized carbons (Fsp3) is 0.600. The molecule has 0 bridgehead atoms. The van der Waals surface area contributed by atoms with Gasteiger partial charge in [-0.3, -0.25) is 0 Å². The minimum Gasteiger partial charge on any atom is -0.394 e. The number of anilines is 1. The van der Waals surface area contributed by atoms with E-state index in [0.717, 1.165) is 0 Å². The third kappa shape index (κ3) is 4.82. The van der Waals surface area contributed by atoms with Crippen molar-refractivity contribution >= 4 is 17.4 Å². The second-order valence-corrected chi connectivity index (χ2v) is 3.72. The minimum absolute atomic E-state index is 0.196. The molecular weight excluding hydrogens is 246 g/mol. The van der Waals surface area contributed by atoms with Gasteiger partial charge in [-0.1, -0.05) is 11.6 Å². The van der Waals surface area contributed by atoms with E-state index in [-0.39, 0.29) is 25.0 Å². The average Bonchev–Trinajstić information content (AvgIpc) is 2.32. The maximum Gasteiger partial charge on any atom is 0.158 e. The van der Waals surface area contributed by atoms with Gasteiger partial charge in [-0.05, 0) is 6.92 Å². The number of halogens is 1. The smallest absolute Gasteiger partial charge is 0.158 e. The number of hydrogen-bond donors (Lipinski definition) is 3. The summed E-state index contributed by atoms with van der Waals surface area (Å²) < 4.78 is 5.18. The van der Waals surface area contributed by atoms with E-state index in [0.29, 0.717) is 18.2 Å². The molecule has 1 aromatic rings. The molecule has 0 radical (unpaired) electrons. The molecule has 96 valence electrons. The summed E-state index contributed by atoms with van der Waals surface area (Å²) >= 11 is 5.83. The molecule has 0 aliphatic rings. The van der Waals surface area contributed by atoms with E-state index in [9.17, 15) is 0 Å². The van der Waals surface area contributed by atoms with Gasteiger partial charge < -0.3 is 20.3 Å². The van der Waals surface area contributed by atoms with Gasteiger partial charge >= 0.3 is 0 Å². The summed E-state index contributed by atoms with van der Waals surface area (Å²) in [6.45, 7) is 2.32. The van der Waals surface area contributed by atoms with Gasteiger partial charge in [-0.2, -0.15) is 0 Å². The van der Waals surface area contributed by atoms with Crippen molar-refractivity contribution < 1.29 is 14.9 Å². The zero-order chi connectivity index (χ0) is 12.7.